The molecule has 0 spiro atoms. The van der Waals surface area contributed by atoms with Crippen molar-refractivity contribution in [3.63, 3.8) is 0 Å². The molecule has 1 heterocycles. The van der Waals surface area contributed by atoms with E-state index in [1.54, 1.807) is 13.8 Å². The van der Waals surface area contributed by atoms with E-state index in [1.165, 1.54) is 0 Å². The molecule has 96 valence electrons. The Bertz CT molecular complexity index is 457. The molecule has 17 heavy (non-hydrogen) atoms. The molecule has 0 radical (unpaired) electrons. The SMILES string of the molecule is CC(CCCC(C)n1c(=O)[nH][nH]c1=O)C(=O)O. The van der Waals surface area contributed by atoms with Crippen LogP contribution >= 0.6 is 0 Å². The molecule has 0 aliphatic carbocycles. The minimum atomic E-state index is -0.825. The lowest BCUT2D eigenvalue weighted by molar-refractivity contribution is -0.141. The normalized spacial score (nSPS) is 14.5. The average Bonchev–Trinajstić information content (AvgIpc) is 2.58. The van der Waals surface area contributed by atoms with Crippen LogP contribution in [0.1, 0.15) is 39.2 Å². The van der Waals surface area contributed by atoms with Gasteiger partial charge >= 0.3 is 17.3 Å². The molecular formula is C10H17N3O4. The molecule has 0 amide bonds. The van der Waals surface area contributed by atoms with Gasteiger partial charge in [-0.1, -0.05) is 13.3 Å². The van der Waals surface area contributed by atoms with Crippen molar-refractivity contribution >= 4 is 5.97 Å². The molecule has 2 atom stereocenters. The molecule has 7 heteroatoms. The lowest BCUT2D eigenvalue weighted by atomic mass is 10.0. The van der Waals surface area contributed by atoms with E-state index in [1.807, 2.05) is 0 Å². The summed E-state index contributed by atoms with van der Waals surface area (Å²) in [6.07, 6.45) is 1.79. The topological polar surface area (TPSA) is 108 Å². The summed E-state index contributed by atoms with van der Waals surface area (Å²) in [6.45, 7) is 3.40. The van der Waals surface area contributed by atoms with E-state index in [2.05, 4.69) is 10.2 Å². The first-order valence-electron chi connectivity index (χ1n) is 5.55. The van der Waals surface area contributed by atoms with Gasteiger partial charge in [-0.15, -0.1) is 0 Å². The second kappa shape index (κ2) is 5.51. The molecule has 1 aromatic rings. The van der Waals surface area contributed by atoms with Crippen LogP contribution in [0.25, 0.3) is 0 Å². The Morgan fingerprint density at radius 2 is 1.76 bits per heavy atom. The van der Waals surface area contributed by atoms with Crippen LogP contribution in [0.2, 0.25) is 0 Å². The predicted molar refractivity (Wildman–Crippen MR) is 61.0 cm³/mol. The Morgan fingerprint density at radius 3 is 2.24 bits per heavy atom. The summed E-state index contributed by atoms with van der Waals surface area (Å²) in [5.41, 5.74) is -0.928. The lowest BCUT2D eigenvalue weighted by Crippen LogP contribution is -2.29. The fourth-order valence-corrected chi connectivity index (χ4v) is 1.69. The number of aliphatic carboxylic acids is 1. The molecule has 0 aliphatic heterocycles. The van der Waals surface area contributed by atoms with Gasteiger partial charge in [0, 0.05) is 6.04 Å². The number of rotatable bonds is 6. The van der Waals surface area contributed by atoms with Crippen LogP contribution in [0.5, 0.6) is 0 Å². The first-order valence-corrected chi connectivity index (χ1v) is 5.55. The van der Waals surface area contributed by atoms with E-state index in [4.69, 9.17) is 5.11 Å². The molecule has 3 N–H and O–H groups in total. The first-order chi connectivity index (χ1) is 7.93. The van der Waals surface area contributed by atoms with Crippen molar-refractivity contribution in [2.24, 2.45) is 5.92 Å². The van der Waals surface area contributed by atoms with E-state index in [0.29, 0.717) is 19.3 Å². The summed E-state index contributed by atoms with van der Waals surface area (Å²) >= 11 is 0. The summed E-state index contributed by atoms with van der Waals surface area (Å²) in [7, 11) is 0. The third kappa shape index (κ3) is 3.33. The van der Waals surface area contributed by atoms with Crippen LogP contribution in [0.3, 0.4) is 0 Å². The maximum Gasteiger partial charge on any atom is 0.344 e. The number of hydrogen-bond acceptors (Lipinski definition) is 3. The Kier molecular flexibility index (Phi) is 4.30. The monoisotopic (exact) mass is 243 g/mol. The fourth-order valence-electron chi connectivity index (χ4n) is 1.69. The Morgan fingerprint density at radius 1 is 1.24 bits per heavy atom. The zero-order valence-corrected chi connectivity index (χ0v) is 9.90. The van der Waals surface area contributed by atoms with Gasteiger partial charge < -0.3 is 5.11 Å². The predicted octanol–water partition coefficient (Wildman–Crippen LogP) is 0.317. The summed E-state index contributed by atoms with van der Waals surface area (Å²) < 4.78 is 1.10. The van der Waals surface area contributed by atoms with Crippen molar-refractivity contribution in [1.29, 1.82) is 0 Å². The minimum Gasteiger partial charge on any atom is -0.481 e. The largest absolute Gasteiger partial charge is 0.481 e. The number of nitrogens with one attached hydrogen (secondary N) is 2. The minimum absolute atomic E-state index is 0.238. The number of carbonyl (C=O) groups is 1. The van der Waals surface area contributed by atoms with Crippen molar-refractivity contribution in [3.8, 4) is 0 Å². The van der Waals surface area contributed by atoms with E-state index in [0.717, 1.165) is 4.57 Å². The van der Waals surface area contributed by atoms with E-state index < -0.39 is 23.3 Å². The van der Waals surface area contributed by atoms with E-state index in [9.17, 15) is 14.4 Å². The highest BCUT2D eigenvalue weighted by molar-refractivity contribution is 5.69. The summed E-state index contributed by atoms with van der Waals surface area (Å²) in [5, 5.41) is 13.1. The third-order valence-corrected chi connectivity index (χ3v) is 2.84. The van der Waals surface area contributed by atoms with Crippen molar-refractivity contribution in [1.82, 2.24) is 14.8 Å². The highest BCUT2D eigenvalue weighted by atomic mass is 16.4. The van der Waals surface area contributed by atoms with Crippen LogP contribution in [0, 0.1) is 5.92 Å². The number of carboxylic acids is 1. The van der Waals surface area contributed by atoms with E-state index in [-0.39, 0.29) is 6.04 Å². The van der Waals surface area contributed by atoms with Gasteiger partial charge in [0.25, 0.3) is 0 Å². The molecule has 7 nitrogen and oxygen atoms in total. The van der Waals surface area contributed by atoms with Gasteiger partial charge in [0.1, 0.15) is 0 Å². The highest BCUT2D eigenvalue weighted by Crippen LogP contribution is 2.14. The highest BCUT2D eigenvalue weighted by Gasteiger charge is 2.14. The Hall–Kier alpha value is -1.79. The zero-order chi connectivity index (χ0) is 13.0. The van der Waals surface area contributed by atoms with Crippen LogP contribution in [-0.4, -0.2) is 25.8 Å². The van der Waals surface area contributed by atoms with Crippen molar-refractivity contribution < 1.29 is 9.90 Å². The molecule has 0 aromatic carbocycles. The van der Waals surface area contributed by atoms with Crippen LogP contribution < -0.4 is 11.4 Å². The molecule has 1 aromatic heterocycles. The summed E-state index contributed by atoms with van der Waals surface area (Å²) in [5.74, 6) is -1.22. The average molecular weight is 243 g/mol. The molecular weight excluding hydrogens is 226 g/mol. The zero-order valence-electron chi connectivity index (χ0n) is 9.90. The molecule has 0 fully saturated rings. The summed E-state index contributed by atoms with van der Waals surface area (Å²) in [6, 6.07) is -0.238. The number of aromatic amines is 2. The molecule has 2 unspecified atom stereocenters. The molecule has 1 rings (SSSR count). The number of carboxylic acid groups (broad SMARTS) is 1. The molecule has 0 aliphatic rings. The van der Waals surface area contributed by atoms with Crippen molar-refractivity contribution in [2.45, 2.75) is 39.2 Å². The maximum atomic E-state index is 11.3. The van der Waals surface area contributed by atoms with Crippen molar-refractivity contribution in [3.05, 3.63) is 21.0 Å². The van der Waals surface area contributed by atoms with Crippen LogP contribution in [-0.2, 0) is 4.79 Å². The first kappa shape index (κ1) is 13.3. The van der Waals surface area contributed by atoms with Gasteiger partial charge in [-0.2, -0.15) is 0 Å². The molecule has 0 saturated carbocycles. The lowest BCUT2D eigenvalue weighted by Gasteiger charge is -2.11. The molecule has 0 saturated heterocycles. The Balaban J connectivity index is 2.51. The fraction of sp³-hybridized carbons (Fsp3) is 0.700. The molecule has 0 bridgehead atoms. The maximum absolute atomic E-state index is 11.3. The third-order valence-electron chi connectivity index (χ3n) is 2.84. The van der Waals surface area contributed by atoms with Gasteiger partial charge in [0.05, 0.1) is 5.92 Å². The van der Waals surface area contributed by atoms with Gasteiger partial charge in [-0.05, 0) is 19.8 Å². The number of nitrogens with zero attached hydrogens (tertiary/aromatic N) is 1. The van der Waals surface area contributed by atoms with Crippen LogP contribution in [0.15, 0.2) is 9.59 Å². The standard InChI is InChI=1S/C10H17N3O4/c1-6(8(14)15)4-3-5-7(2)13-9(16)11-12-10(13)17/h6-7H,3-5H2,1-2H3,(H,11,16)(H,12,17)(H,14,15). The number of aromatic nitrogens is 3. The van der Waals surface area contributed by atoms with Crippen LogP contribution in [0.4, 0.5) is 0 Å². The smallest absolute Gasteiger partial charge is 0.344 e. The summed E-state index contributed by atoms with van der Waals surface area (Å²) in [4.78, 5) is 33.1. The quantitative estimate of drug-likeness (QED) is 0.668. The van der Waals surface area contributed by atoms with Crippen molar-refractivity contribution in [2.75, 3.05) is 0 Å². The Labute approximate surface area is 97.5 Å². The van der Waals surface area contributed by atoms with Gasteiger partial charge in [0.15, 0.2) is 0 Å². The number of H-pyrrole nitrogens is 2. The van der Waals surface area contributed by atoms with Gasteiger partial charge in [0.2, 0.25) is 0 Å². The van der Waals surface area contributed by atoms with Gasteiger partial charge in [-0.25, -0.2) is 24.4 Å². The number of hydrogen-bond donors (Lipinski definition) is 3. The van der Waals surface area contributed by atoms with Gasteiger partial charge in [-0.3, -0.25) is 4.79 Å². The second-order valence-corrected chi connectivity index (χ2v) is 4.25. The van der Waals surface area contributed by atoms with E-state index >= 15 is 0 Å². The second-order valence-electron chi connectivity index (χ2n) is 4.25.